The SMILES string of the molecule is CC(C)CC(=O)ON1C(=O)c2ccccc2C1=O. The molecule has 0 fully saturated rings. The number of amides is 2. The van der Waals surface area contributed by atoms with Gasteiger partial charge in [0.05, 0.1) is 17.5 Å². The maximum absolute atomic E-state index is 11.9. The number of nitrogens with zero attached hydrogens (tertiary/aromatic N) is 1. The first kappa shape index (κ1) is 12.3. The molecule has 1 heterocycles. The quantitative estimate of drug-likeness (QED) is 0.764. The highest BCUT2D eigenvalue weighted by Gasteiger charge is 2.38. The van der Waals surface area contributed by atoms with Crippen LogP contribution in [0, 0.1) is 5.92 Å². The Morgan fingerprint density at radius 2 is 1.67 bits per heavy atom. The van der Waals surface area contributed by atoms with Crippen molar-refractivity contribution in [3.05, 3.63) is 35.4 Å². The van der Waals surface area contributed by atoms with Gasteiger partial charge >= 0.3 is 5.97 Å². The van der Waals surface area contributed by atoms with Crippen LogP contribution in [-0.2, 0) is 9.63 Å². The van der Waals surface area contributed by atoms with Gasteiger partial charge in [-0.1, -0.05) is 31.0 Å². The third-order valence-corrected chi connectivity index (χ3v) is 2.52. The molecule has 0 atom stereocenters. The molecule has 5 heteroatoms. The zero-order valence-corrected chi connectivity index (χ0v) is 10.2. The number of fused-ring (bicyclic) bond motifs is 1. The van der Waals surface area contributed by atoms with Crippen LogP contribution < -0.4 is 0 Å². The Kier molecular flexibility index (Phi) is 3.14. The highest BCUT2D eigenvalue weighted by molar-refractivity contribution is 6.20. The number of carbonyl (C=O) groups is 3. The molecule has 0 saturated carbocycles. The molecule has 5 nitrogen and oxygen atoms in total. The Morgan fingerprint density at radius 3 is 2.11 bits per heavy atom. The van der Waals surface area contributed by atoms with Crippen molar-refractivity contribution < 1.29 is 19.2 Å². The number of benzene rings is 1. The Bertz CT molecular complexity index is 486. The lowest BCUT2D eigenvalue weighted by molar-refractivity contribution is -0.169. The van der Waals surface area contributed by atoms with Gasteiger partial charge in [-0.15, -0.1) is 0 Å². The number of carbonyl (C=O) groups excluding carboxylic acids is 3. The lowest BCUT2D eigenvalue weighted by Gasteiger charge is -2.13. The topological polar surface area (TPSA) is 63.7 Å². The monoisotopic (exact) mass is 247 g/mol. The van der Waals surface area contributed by atoms with E-state index >= 15 is 0 Å². The molecule has 18 heavy (non-hydrogen) atoms. The average Bonchev–Trinajstić information content (AvgIpc) is 2.54. The Labute approximate surface area is 104 Å². The third kappa shape index (κ3) is 2.11. The van der Waals surface area contributed by atoms with Crippen molar-refractivity contribution in [1.82, 2.24) is 5.06 Å². The average molecular weight is 247 g/mol. The first-order valence-electron chi connectivity index (χ1n) is 5.69. The zero-order chi connectivity index (χ0) is 13.3. The molecule has 1 aromatic rings. The van der Waals surface area contributed by atoms with E-state index < -0.39 is 17.8 Å². The minimum Gasteiger partial charge on any atom is -0.330 e. The highest BCUT2D eigenvalue weighted by atomic mass is 16.7. The third-order valence-electron chi connectivity index (χ3n) is 2.52. The second-order valence-corrected chi connectivity index (χ2v) is 4.51. The first-order chi connectivity index (χ1) is 8.50. The van der Waals surface area contributed by atoms with E-state index in [1.807, 2.05) is 13.8 Å². The number of hydroxylamine groups is 2. The van der Waals surface area contributed by atoms with E-state index in [9.17, 15) is 14.4 Å². The fraction of sp³-hybridized carbons (Fsp3) is 0.308. The van der Waals surface area contributed by atoms with Gasteiger partial charge < -0.3 is 4.84 Å². The maximum atomic E-state index is 11.9. The molecule has 2 amide bonds. The van der Waals surface area contributed by atoms with Crippen molar-refractivity contribution in [3.63, 3.8) is 0 Å². The van der Waals surface area contributed by atoms with Gasteiger partial charge in [0.15, 0.2) is 0 Å². The van der Waals surface area contributed by atoms with Crippen LogP contribution in [0.2, 0.25) is 0 Å². The van der Waals surface area contributed by atoms with Crippen LogP contribution in [0.1, 0.15) is 41.0 Å². The molecule has 0 aromatic heterocycles. The molecule has 0 spiro atoms. The van der Waals surface area contributed by atoms with E-state index in [1.165, 1.54) is 12.1 Å². The molecule has 0 saturated heterocycles. The summed E-state index contributed by atoms with van der Waals surface area (Å²) in [6.07, 6.45) is 0.160. The molecule has 0 aliphatic carbocycles. The predicted octanol–water partition coefficient (Wildman–Crippen LogP) is 1.79. The van der Waals surface area contributed by atoms with E-state index in [0.717, 1.165) is 0 Å². The summed E-state index contributed by atoms with van der Waals surface area (Å²) < 4.78 is 0. The van der Waals surface area contributed by atoms with Crippen LogP contribution in [0.15, 0.2) is 24.3 Å². The summed E-state index contributed by atoms with van der Waals surface area (Å²) in [5.74, 6) is -1.66. The normalized spacial score (nSPS) is 14.1. The van der Waals surface area contributed by atoms with Crippen molar-refractivity contribution >= 4 is 17.8 Å². The lowest BCUT2D eigenvalue weighted by Crippen LogP contribution is -2.33. The minimum atomic E-state index is -0.590. The van der Waals surface area contributed by atoms with Crippen LogP contribution in [-0.4, -0.2) is 22.8 Å². The fourth-order valence-electron chi connectivity index (χ4n) is 1.72. The van der Waals surface area contributed by atoms with Crippen LogP contribution in [0.4, 0.5) is 0 Å². The highest BCUT2D eigenvalue weighted by Crippen LogP contribution is 2.23. The van der Waals surface area contributed by atoms with Crippen molar-refractivity contribution in [2.45, 2.75) is 20.3 Å². The van der Waals surface area contributed by atoms with Crippen LogP contribution in [0.3, 0.4) is 0 Å². The van der Waals surface area contributed by atoms with E-state index in [-0.39, 0.29) is 23.5 Å². The van der Waals surface area contributed by atoms with Crippen molar-refractivity contribution in [3.8, 4) is 0 Å². The molecule has 0 bridgehead atoms. The van der Waals surface area contributed by atoms with Gasteiger partial charge in [0.2, 0.25) is 0 Å². The molecule has 0 radical (unpaired) electrons. The lowest BCUT2D eigenvalue weighted by atomic mass is 10.1. The fourth-order valence-corrected chi connectivity index (χ4v) is 1.72. The van der Waals surface area contributed by atoms with Crippen molar-refractivity contribution in [1.29, 1.82) is 0 Å². The Hall–Kier alpha value is -2.17. The van der Waals surface area contributed by atoms with E-state index in [2.05, 4.69) is 0 Å². The summed E-state index contributed by atoms with van der Waals surface area (Å²) in [7, 11) is 0. The standard InChI is InChI=1S/C13H13NO4/c1-8(2)7-11(15)18-14-12(16)9-5-3-4-6-10(9)13(14)17/h3-6,8H,7H2,1-2H3. The summed E-state index contributed by atoms with van der Waals surface area (Å²) >= 11 is 0. The van der Waals surface area contributed by atoms with Gasteiger partial charge in [0.1, 0.15) is 0 Å². The largest absolute Gasteiger partial charge is 0.333 e. The number of imide groups is 1. The summed E-state index contributed by atoms with van der Waals surface area (Å²) in [5.41, 5.74) is 0.527. The van der Waals surface area contributed by atoms with Crippen LogP contribution >= 0.6 is 0 Å². The molecule has 94 valence electrons. The number of hydrogen-bond donors (Lipinski definition) is 0. The summed E-state index contributed by atoms with van der Waals surface area (Å²) in [6, 6.07) is 6.38. The smallest absolute Gasteiger partial charge is 0.330 e. The molecule has 1 aliphatic heterocycles. The van der Waals surface area contributed by atoms with Crippen LogP contribution in [0.25, 0.3) is 0 Å². The van der Waals surface area contributed by atoms with Crippen molar-refractivity contribution in [2.24, 2.45) is 5.92 Å². The van der Waals surface area contributed by atoms with Gasteiger partial charge in [-0.3, -0.25) is 9.59 Å². The Balaban J connectivity index is 2.16. The van der Waals surface area contributed by atoms with Crippen LogP contribution in [0.5, 0.6) is 0 Å². The second kappa shape index (κ2) is 4.60. The minimum absolute atomic E-state index is 0.104. The van der Waals surface area contributed by atoms with Gasteiger partial charge in [-0.05, 0) is 18.1 Å². The van der Waals surface area contributed by atoms with Crippen molar-refractivity contribution in [2.75, 3.05) is 0 Å². The number of rotatable bonds is 3. The number of hydrogen-bond acceptors (Lipinski definition) is 4. The molecule has 1 aromatic carbocycles. The molecular weight excluding hydrogens is 234 g/mol. The van der Waals surface area contributed by atoms with Gasteiger partial charge in [-0.2, -0.15) is 0 Å². The Morgan fingerprint density at radius 1 is 1.17 bits per heavy atom. The summed E-state index contributed by atoms with van der Waals surface area (Å²) in [4.78, 5) is 40.0. The molecule has 0 N–H and O–H groups in total. The summed E-state index contributed by atoms with van der Waals surface area (Å²) in [5, 5.41) is 0.537. The molecule has 2 rings (SSSR count). The van der Waals surface area contributed by atoms with E-state index in [0.29, 0.717) is 5.06 Å². The predicted molar refractivity (Wildman–Crippen MR) is 62.5 cm³/mol. The first-order valence-corrected chi connectivity index (χ1v) is 5.69. The van der Waals surface area contributed by atoms with Gasteiger partial charge in [0, 0.05) is 0 Å². The molecule has 1 aliphatic rings. The van der Waals surface area contributed by atoms with Gasteiger partial charge in [-0.25, -0.2) is 4.79 Å². The summed E-state index contributed by atoms with van der Waals surface area (Å²) in [6.45, 7) is 3.70. The second-order valence-electron chi connectivity index (χ2n) is 4.51. The maximum Gasteiger partial charge on any atom is 0.333 e. The zero-order valence-electron chi connectivity index (χ0n) is 10.2. The van der Waals surface area contributed by atoms with E-state index in [1.54, 1.807) is 12.1 Å². The van der Waals surface area contributed by atoms with E-state index in [4.69, 9.17) is 4.84 Å². The molecule has 0 unspecified atom stereocenters. The van der Waals surface area contributed by atoms with Gasteiger partial charge in [0.25, 0.3) is 11.8 Å². The molecular formula is C13H13NO4.